The molecule has 0 atom stereocenters. The molecule has 0 amide bonds. The Morgan fingerprint density at radius 1 is 1.04 bits per heavy atom. The van der Waals surface area contributed by atoms with Crippen LogP contribution in [-0.4, -0.2) is 29.8 Å². The summed E-state index contributed by atoms with van der Waals surface area (Å²) in [6, 6.07) is 5.50. The highest BCUT2D eigenvalue weighted by Crippen LogP contribution is 2.33. The van der Waals surface area contributed by atoms with Crippen LogP contribution in [0.3, 0.4) is 0 Å². The van der Waals surface area contributed by atoms with Crippen LogP contribution in [0.5, 0.6) is 0 Å². The third-order valence-corrected chi connectivity index (χ3v) is 6.01. The molecule has 3 rings (SSSR count). The van der Waals surface area contributed by atoms with E-state index < -0.39 is 11.7 Å². The van der Waals surface area contributed by atoms with Gasteiger partial charge in [0.2, 0.25) is 0 Å². The van der Waals surface area contributed by atoms with Gasteiger partial charge >= 0.3 is 6.18 Å². The van der Waals surface area contributed by atoms with Gasteiger partial charge in [0, 0.05) is 18.0 Å². The lowest BCUT2D eigenvalue weighted by atomic mass is 9.81. The fourth-order valence-corrected chi connectivity index (χ4v) is 4.43. The molecule has 1 aromatic rings. The molecule has 0 N–H and O–H groups in total. The largest absolute Gasteiger partial charge is 0.416 e. The van der Waals surface area contributed by atoms with Gasteiger partial charge in [-0.05, 0) is 76.1 Å². The molecule has 2 nitrogen and oxygen atoms in total. The maximum Gasteiger partial charge on any atom is 0.416 e. The summed E-state index contributed by atoms with van der Waals surface area (Å²) in [6.07, 6.45) is 5.38. The van der Waals surface area contributed by atoms with Crippen LogP contribution in [0.1, 0.15) is 73.7 Å². The van der Waals surface area contributed by atoms with Crippen LogP contribution in [0.15, 0.2) is 24.3 Å². The number of carbonyl (C=O) groups is 1. The standard InChI is InChI=1S/C21H28F3NO/c22-21(23,24)18-6-4-5-17(15-18)20(26)12-9-16-7-10-19(11-8-16)25-13-2-1-3-14-25/h4-6,15-16,19H,1-3,7-14H2. The molecule has 0 spiro atoms. The van der Waals surface area contributed by atoms with Crippen LogP contribution in [0.4, 0.5) is 13.2 Å². The Balaban J connectivity index is 1.45. The summed E-state index contributed by atoms with van der Waals surface area (Å²) in [6.45, 7) is 2.45. The number of nitrogens with zero attached hydrogens (tertiary/aromatic N) is 1. The van der Waals surface area contributed by atoms with Crippen molar-refractivity contribution in [3.05, 3.63) is 35.4 Å². The van der Waals surface area contributed by atoms with Crippen molar-refractivity contribution in [1.29, 1.82) is 0 Å². The van der Waals surface area contributed by atoms with Gasteiger partial charge in [-0.25, -0.2) is 0 Å². The molecule has 1 heterocycles. The van der Waals surface area contributed by atoms with E-state index in [4.69, 9.17) is 0 Å². The van der Waals surface area contributed by atoms with Crippen LogP contribution in [0.2, 0.25) is 0 Å². The highest BCUT2D eigenvalue weighted by atomic mass is 19.4. The second kappa shape index (κ2) is 8.55. The van der Waals surface area contributed by atoms with Gasteiger partial charge in [-0.15, -0.1) is 0 Å². The molecule has 0 bridgehead atoms. The highest BCUT2D eigenvalue weighted by Gasteiger charge is 2.31. The van der Waals surface area contributed by atoms with Gasteiger partial charge in [0.25, 0.3) is 0 Å². The first kappa shape index (κ1) is 19.4. The quantitative estimate of drug-likeness (QED) is 0.621. The molecule has 5 heteroatoms. The third kappa shape index (κ3) is 5.09. The van der Waals surface area contributed by atoms with Gasteiger partial charge in [-0.2, -0.15) is 13.2 Å². The molecule has 1 aromatic carbocycles. The summed E-state index contributed by atoms with van der Waals surface area (Å²) < 4.78 is 38.3. The fraction of sp³-hybridized carbons (Fsp3) is 0.667. The van der Waals surface area contributed by atoms with E-state index in [0.29, 0.717) is 18.4 Å². The summed E-state index contributed by atoms with van der Waals surface area (Å²) >= 11 is 0. The normalized spacial score (nSPS) is 25.2. The molecular weight excluding hydrogens is 339 g/mol. The molecular formula is C21H28F3NO. The predicted molar refractivity (Wildman–Crippen MR) is 96.2 cm³/mol. The number of alkyl halides is 3. The van der Waals surface area contributed by atoms with Crippen molar-refractivity contribution in [2.24, 2.45) is 5.92 Å². The fourth-order valence-electron chi connectivity index (χ4n) is 4.43. The zero-order chi connectivity index (χ0) is 18.6. The summed E-state index contributed by atoms with van der Waals surface area (Å²) in [5.41, 5.74) is -0.563. The van der Waals surface area contributed by atoms with Crippen LogP contribution >= 0.6 is 0 Å². The lowest BCUT2D eigenvalue weighted by Crippen LogP contribution is -2.41. The van der Waals surface area contributed by atoms with Gasteiger partial charge in [0.1, 0.15) is 0 Å². The molecule has 0 unspecified atom stereocenters. The van der Waals surface area contributed by atoms with Crippen molar-refractivity contribution >= 4 is 5.78 Å². The van der Waals surface area contributed by atoms with Gasteiger partial charge in [0.05, 0.1) is 5.56 Å². The molecule has 1 saturated heterocycles. The minimum atomic E-state index is -4.40. The molecule has 1 aliphatic heterocycles. The van der Waals surface area contributed by atoms with E-state index in [0.717, 1.165) is 31.4 Å². The zero-order valence-corrected chi connectivity index (χ0v) is 15.2. The monoisotopic (exact) mass is 367 g/mol. The molecule has 0 aromatic heterocycles. The maximum atomic E-state index is 12.8. The molecule has 1 saturated carbocycles. The number of piperidine rings is 1. The Morgan fingerprint density at radius 2 is 1.73 bits per heavy atom. The second-order valence-corrected chi connectivity index (χ2v) is 7.81. The number of halogens is 3. The van der Waals surface area contributed by atoms with Gasteiger partial charge in [0.15, 0.2) is 5.78 Å². The Bertz CT molecular complexity index is 600. The maximum absolute atomic E-state index is 12.8. The van der Waals surface area contributed by atoms with Crippen LogP contribution in [0.25, 0.3) is 0 Å². The van der Waals surface area contributed by atoms with Crippen molar-refractivity contribution in [1.82, 2.24) is 4.90 Å². The van der Waals surface area contributed by atoms with Crippen LogP contribution < -0.4 is 0 Å². The zero-order valence-electron chi connectivity index (χ0n) is 15.2. The van der Waals surface area contributed by atoms with Crippen LogP contribution in [-0.2, 0) is 6.18 Å². The third-order valence-electron chi connectivity index (χ3n) is 6.01. The number of rotatable bonds is 5. The number of carbonyl (C=O) groups excluding carboxylic acids is 1. The molecule has 2 fully saturated rings. The summed E-state index contributed by atoms with van der Waals surface area (Å²) in [4.78, 5) is 14.9. The van der Waals surface area contributed by atoms with E-state index in [-0.39, 0.29) is 11.3 Å². The summed E-state index contributed by atoms with van der Waals surface area (Å²) in [5.74, 6) is 0.361. The number of hydrogen-bond acceptors (Lipinski definition) is 2. The number of Topliss-reactive ketones (excluding diaryl/α,β-unsaturated/α-hetero) is 1. The lowest BCUT2D eigenvalue weighted by molar-refractivity contribution is -0.137. The van der Waals surface area contributed by atoms with E-state index in [1.165, 1.54) is 57.3 Å². The van der Waals surface area contributed by atoms with Crippen molar-refractivity contribution in [2.75, 3.05) is 13.1 Å². The number of likely N-dealkylation sites (tertiary alicyclic amines) is 1. The Morgan fingerprint density at radius 3 is 2.38 bits per heavy atom. The number of benzene rings is 1. The summed E-state index contributed by atoms with van der Waals surface area (Å²) in [7, 11) is 0. The minimum absolute atomic E-state index is 0.172. The van der Waals surface area contributed by atoms with Crippen LogP contribution in [0, 0.1) is 5.92 Å². The van der Waals surface area contributed by atoms with E-state index in [2.05, 4.69) is 4.90 Å². The Hall–Kier alpha value is -1.36. The number of ketones is 1. The molecule has 1 aliphatic carbocycles. The molecule has 2 aliphatic rings. The topological polar surface area (TPSA) is 20.3 Å². The molecule has 144 valence electrons. The first-order chi connectivity index (χ1) is 12.4. The van der Waals surface area contributed by atoms with Gasteiger partial charge in [-0.3, -0.25) is 4.79 Å². The van der Waals surface area contributed by atoms with Crippen molar-refractivity contribution < 1.29 is 18.0 Å². The first-order valence-corrected chi connectivity index (χ1v) is 9.88. The smallest absolute Gasteiger partial charge is 0.300 e. The minimum Gasteiger partial charge on any atom is -0.300 e. The van der Waals surface area contributed by atoms with E-state index >= 15 is 0 Å². The average Bonchev–Trinajstić information content (AvgIpc) is 2.66. The van der Waals surface area contributed by atoms with E-state index in [9.17, 15) is 18.0 Å². The Kier molecular flexibility index (Phi) is 6.38. The SMILES string of the molecule is O=C(CCC1CCC(N2CCCCC2)CC1)c1cccc(C(F)(F)F)c1. The predicted octanol–water partition coefficient (Wildman–Crippen LogP) is 5.71. The summed E-state index contributed by atoms with van der Waals surface area (Å²) in [5, 5.41) is 0. The van der Waals surface area contributed by atoms with Crippen molar-refractivity contribution in [3.63, 3.8) is 0 Å². The average molecular weight is 367 g/mol. The van der Waals surface area contributed by atoms with Crippen molar-refractivity contribution in [3.8, 4) is 0 Å². The van der Waals surface area contributed by atoms with Gasteiger partial charge < -0.3 is 4.90 Å². The molecule has 26 heavy (non-hydrogen) atoms. The van der Waals surface area contributed by atoms with E-state index in [1.807, 2.05) is 0 Å². The lowest BCUT2D eigenvalue weighted by Gasteiger charge is -2.39. The van der Waals surface area contributed by atoms with Gasteiger partial charge in [-0.1, -0.05) is 18.6 Å². The van der Waals surface area contributed by atoms with Crippen molar-refractivity contribution in [2.45, 2.75) is 70.0 Å². The first-order valence-electron chi connectivity index (χ1n) is 9.88. The molecule has 0 radical (unpaired) electrons. The number of hydrogen-bond donors (Lipinski definition) is 0. The highest BCUT2D eigenvalue weighted by molar-refractivity contribution is 5.96. The Labute approximate surface area is 153 Å². The second-order valence-electron chi connectivity index (χ2n) is 7.81. The van der Waals surface area contributed by atoms with E-state index in [1.54, 1.807) is 0 Å².